The molecule has 0 saturated carbocycles. The molecule has 3 nitrogen and oxygen atoms in total. The zero-order valence-electron chi connectivity index (χ0n) is 13.5. The second-order valence-electron chi connectivity index (χ2n) is 5.74. The highest BCUT2D eigenvalue weighted by atomic mass is 79.9. The Morgan fingerprint density at radius 3 is 2.46 bits per heavy atom. The number of hydrogen-bond acceptors (Lipinski definition) is 1. The Hall–Kier alpha value is -1.79. The minimum Gasteiger partial charge on any atom is -0.345 e. The summed E-state index contributed by atoms with van der Waals surface area (Å²) in [6, 6.07) is 10.8. The van der Waals surface area contributed by atoms with Crippen molar-refractivity contribution in [1.82, 2.24) is 5.32 Å². The second kappa shape index (κ2) is 8.35. The number of nitrogens with one attached hydrogen (secondary N) is 1. The SMILES string of the molecule is C[C@@H](NC(=O)C[NH2+][C@H](C)c1ccc(F)cc1F)c1ccc(Br)cc1. The summed E-state index contributed by atoms with van der Waals surface area (Å²) in [4.78, 5) is 12.1. The summed E-state index contributed by atoms with van der Waals surface area (Å²) in [6.45, 7) is 3.85. The van der Waals surface area contributed by atoms with Gasteiger partial charge in [-0.15, -0.1) is 0 Å². The molecule has 0 radical (unpaired) electrons. The van der Waals surface area contributed by atoms with Gasteiger partial charge in [-0.25, -0.2) is 8.78 Å². The summed E-state index contributed by atoms with van der Waals surface area (Å²) in [5.74, 6) is -1.34. The fraction of sp³-hybridized carbons (Fsp3) is 0.278. The first kappa shape index (κ1) is 18.5. The van der Waals surface area contributed by atoms with Gasteiger partial charge in [0.15, 0.2) is 6.54 Å². The molecule has 2 atom stereocenters. The van der Waals surface area contributed by atoms with E-state index >= 15 is 0 Å². The van der Waals surface area contributed by atoms with E-state index in [9.17, 15) is 13.6 Å². The van der Waals surface area contributed by atoms with Gasteiger partial charge < -0.3 is 10.6 Å². The zero-order chi connectivity index (χ0) is 17.7. The van der Waals surface area contributed by atoms with Crippen LogP contribution in [0.1, 0.15) is 37.1 Å². The molecule has 0 heterocycles. The van der Waals surface area contributed by atoms with Crippen molar-refractivity contribution in [3.05, 3.63) is 69.7 Å². The van der Waals surface area contributed by atoms with Gasteiger partial charge in [0.2, 0.25) is 0 Å². The van der Waals surface area contributed by atoms with E-state index in [0.29, 0.717) is 5.56 Å². The molecule has 3 N–H and O–H groups in total. The van der Waals surface area contributed by atoms with Gasteiger partial charge in [-0.1, -0.05) is 28.1 Å². The van der Waals surface area contributed by atoms with Crippen LogP contribution >= 0.6 is 15.9 Å². The fourth-order valence-electron chi connectivity index (χ4n) is 2.42. The van der Waals surface area contributed by atoms with Crippen LogP contribution in [0, 0.1) is 11.6 Å². The van der Waals surface area contributed by atoms with Gasteiger partial charge in [0, 0.05) is 16.1 Å². The minimum absolute atomic E-state index is 0.114. The van der Waals surface area contributed by atoms with Crippen molar-refractivity contribution in [1.29, 1.82) is 0 Å². The molecule has 0 bridgehead atoms. The van der Waals surface area contributed by atoms with Crippen molar-refractivity contribution < 1.29 is 18.9 Å². The van der Waals surface area contributed by atoms with Crippen molar-refractivity contribution >= 4 is 21.8 Å². The number of nitrogens with two attached hydrogens (primary N) is 1. The molecule has 6 heteroatoms. The molecule has 128 valence electrons. The van der Waals surface area contributed by atoms with Crippen molar-refractivity contribution in [3.8, 4) is 0 Å². The smallest absolute Gasteiger partial charge is 0.275 e. The molecule has 0 spiro atoms. The van der Waals surface area contributed by atoms with Crippen LogP contribution in [0.5, 0.6) is 0 Å². The predicted octanol–water partition coefficient (Wildman–Crippen LogP) is 3.23. The Morgan fingerprint density at radius 1 is 1.17 bits per heavy atom. The molecular formula is C18H20BrF2N2O+. The number of carbonyl (C=O) groups excluding carboxylic acids is 1. The number of halogens is 3. The quantitative estimate of drug-likeness (QED) is 0.771. The van der Waals surface area contributed by atoms with Crippen LogP contribution in [0.2, 0.25) is 0 Å². The number of rotatable bonds is 6. The normalized spacial score (nSPS) is 13.4. The molecule has 0 aliphatic heterocycles. The topological polar surface area (TPSA) is 45.7 Å². The fourth-order valence-corrected chi connectivity index (χ4v) is 2.68. The molecule has 1 amide bonds. The summed E-state index contributed by atoms with van der Waals surface area (Å²) in [5, 5.41) is 4.63. The van der Waals surface area contributed by atoms with Crippen LogP contribution in [-0.2, 0) is 4.79 Å². The lowest BCUT2D eigenvalue weighted by atomic mass is 10.1. The number of amides is 1. The van der Waals surface area contributed by atoms with E-state index in [2.05, 4.69) is 21.2 Å². The van der Waals surface area contributed by atoms with Crippen molar-refractivity contribution in [2.75, 3.05) is 6.54 Å². The number of hydrogen-bond donors (Lipinski definition) is 2. The minimum atomic E-state index is -0.607. The first-order chi connectivity index (χ1) is 11.4. The Bertz CT molecular complexity index is 707. The summed E-state index contributed by atoms with van der Waals surface area (Å²) in [7, 11) is 0. The number of carbonyl (C=O) groups is 1. The van der Waals surface area contributed by atoms with E-state index in [1.54, 1.807) is 12.2 Å². The number of benzene rings is 2. The zero-order valence-corrected chi connectivity index (χ0v) is 15.1. The van der Waals surface area contributed by atoms with Crippen LogP contribution in [0.15, 0.2) is 46.9 Å². The van der Waals surface area contributed by atoms with Crippen LogP contribution in [0.25, 0.3) is 0 Å². The maximum atomic E-state index is 13.7. The molecule has 0 aromatic heterocycles. The van der Waals surface area contributed by atoms with Crippen LogP contribution in [0.3, 0.4) is 0 Å². The number of quaternary nitrogens is 1. The molecule has 2 aromatic carbocycles. The third-order valence-corrected chi connectivity index (χ3v) is 4.39. The van der Waals surface area contributed by atoms with Gasteiger partial charge in [-0.2, -0.15) is 0 Å². The van der Waals surface area contributed by atoms with E-state index in [1.807, 2.05) is 31.2 Å². The average molecular weight is 398 g/mol. The first-order valence-corrected chi connectivity index (χ1v) is 8.49. The molecule has 2 rings (SSSR count). The van der Waals surface area contributed by atoms with Crippen molar-refractivity contribution in [2.24, 2.45) is 0 Å². The highest BCUT2D eigenvalue weighted by Gasteiger charge is 2.17. The maximum absolute atomic E-state index is 13.7. The molecule has 24 heavy (non-hydrogen) atoms. The van der Waals surface area contributed by atoms with Gasteiger partial charge in [-0.05, 0) is 43.7 Å². The van der Waals surface area contributed by atoms with Crippen LogP contribution in [0.4, 0.5) is 8.78 Å². The maximum Gasteiger partial charge on any atom is 0.275 e. The highest BCUT2D eigenvalue weighted by molar-refractivity contribution is 9.10. The average Bonchev–Trinajstić information content (AvgIpc) is 2.53. The summed E-state index contributed by atoms with van der Waals surface area (Å²) in [5.41, 5.74) is 1.38. The highest BCUT2D eigenvalue weighted by Crippen LogP contribution is 2.16. The van der Waals surface area contributed by atoms with E-state index in [0.717, 1.165) is 16.1 Å². The van der Waals surface area contributed by atoms with Gasteiger partial charge in [0.05, 0.1) is 6.04 Å². The molecule has 0 aliphatic rings. The molecule has 2 aromatic rings. The van der Waals surface area contributed by atoms with Crippen LogP contribution < -0.4 is 10.6 Å². The second-order valence-corrected chi connectivity index (χ2v) is 6.65. The third kappa shape index (κ3) is 5.11. The first-order valence-electron chi connectivity index (χ1n) is 7.70. The van der Waals surface area contributed by atoms with Crippen molar-refractivity contribution in [3.63, 3.8) is 0 Å². The Balaban J connectivity index is 1.87. The summed E-state index contributed by atoms with van der Waals surface area (Å²) >= 11 is 3.37. The van der Waals surface area contributed by atoms with E-state index < -0.39 is 11.6 Å². The predicted molar refractivity (Wildman–Crippen MR) is 92.3 cm³/mol. The lowest BCUT2D eigenvalue weighted by Crippen LogP contribution is -2.87. The van der Waals surface area contributed by atoms with Crippen LogP contribution in [-0.4, -0.2) is 12.5 Å². The Labute approximate surface area is 148 Å². The van der Waals surface area contributed by atoms with E-state index in [1.165, 1.54) is 12.1 Å². The monoisotopic (exact) mass is 397 g/mol. The molecule has 0 fully saturated rings. The van der Waals surface area contributed by atoms with Gasteiger partial charge in [0.25, 0.3) is 5.91 Å². The summed E-state index contributed by atoms with van der Waals surface area (Å²) < 4.78 is 27.6. The molecule has 0 saturated heterocycles. The van der Waals surface area contributed by atoms with Crippen molar-refractivity contribution in [2.45, 2.75) is 25.9 Å². The third-order valence-electron chi connectivity index (χ3n) is 3.86. The lowest BCUT2D eigenvalue weighted by Gasteiger charge is -2.16. The van der Waals surface area contributed by atoms with Gasteiger partial charge in [0.1, 0.15) is 17.7 Å². The van der Waals surface area contributed by atoms with Gasteiger partial charge >= 0.3 is 0 Å². The molecule has 0 unspecified atom stereocenters. The molecule has 0 aliphatic carbocycles. The lowest BCUT2D eigenvalue weighted by molar-refractivity contribution is -0.682. The largest absolute Gasteiger partial charge is 0.345 e. The molecular weight excluding hydrogens is 378 g/mol. The van der Waals surface area contributed by atoms with Gasteiger partial charge in [-0.3, -0.25) is 4.79 Å². The Kier molecular flexibility index (Phi) is 6.45. The summed E-state index contributed by atoms with van der Waals surface area (Å²) in [6.07, 6.45) is 0. The van der Waals surface area contributed by atoms with E-state index in [-0.39, 0.29) is 24.5 Å². The van der Waals surface area contributed by atoms with E-state index in [4.69, 9.17) is 0 Å². The standard InChI is InChI=1S/C18H19BrF2N2O/c1-11(13-3-5-14(19)6-4-13)23-18(24)10-22-12(2)16-8-7-15(20)9-17(16)21/h3-9,11-12,22H,10H2,1-2H3,(H,23,24)/p+1/t11-,12-/m1/s1. The Morgan fingerprint density at radius 2 is 1.83 bits per heavy atom.